The van der Waals surface area contributed by atoms with Crippen molar-refractivity contribution in [1.82, 2.24) is 4.98 Å². The number of nitrogens with one attached hydrogen (secondary N) is 1. The van der Waals surface area contributed by atoms with Crippen LogP contribution in [0.4, 0.5) is 10.8 Å². The number of non-ortho nitro benzene ring substituents is 1. The van der Waals surface area contributed by atoms with Gasteiger partial charge in [-0.25, -0.2) is 4.98 Å². The zero-order valence-electron chi connectivity index (χ0n) is 13.4. The number of halogens is 2. The van der Waals surface area contributed by atoms with Crippen molar-refractivity contribution in [3.05, 3.63) is 73.0 Å². The Kier molecular flexibility index (Phi) is 5.65. The molecule has 0 amide bonds. The third-order valence-corrected chi connectivity index (χ3v) is 5.17. The summed E-state index contributed by atoms with van der Waals surface area (Å²) in [6.45, 7) is 1.81. The highest BCUT2D eigenvalue weighted by Crippen LogP contribution is 2.27. The second kappa shape index (κ2) is 7.94. The molecule has 0 radical (unpaired) electrons. The number of rotatable bonds is 5. The smallest absolute Gasteiger partial charge is 0.258 e. The molecule has 0 aliphatic carbocycles. The van der Waals surface area contributed by atoms with Crippen LogP contribution in [0.25, 0.3) is 11.3 Å². The Morgan fingerprint density at radius 3 is 2.69 bits per heavy atom. The minimum absolute atomic E-state index is 0.0221. The van der Waals surface area contributed by atoms with Gasteiger partial charge in [0, 0.05) is 38.1 Å². The SMILES string of the molecule is C/C(=N\Nc1nc(-c2ccc(Cl)cc2)cs1)c1ccc([N+](=O)[O-])cc1Br. The molecule has 0 aliphatic heterocycles. The average molecular weight is 452 g/mol. The van der Waals surface area contributed by atoms with E-state index in [0.29, 0.717) is 20.3 Å². The molecule has 6 nitrogen and oxygen atoms in total. The van der Waals surface area contributed by atoms with Crippen LogP contribution in [-0.2, 0) is 0 Å². The zero-order chi connectivity index (χ0) is 18.7. The molecule has 1 heterocycles. The van der Waals surface area contributed by atoms with Gasteiger partial charge >= 0.3 is 0 Å². The lowest BCUT2D eigenvalue weighted by Crippen LogP contribution is -2.01. The summed E-state index contributed by atoms with van der Waals surface area (Å²) in [5.74, 6) is 0. The summed E-state index contributed by atoms with van der Waals surface area (Å²) >= 11 is 10.7. The lowest BCUT2D eigenvalue weighted by atomic mass is 10.1. The van der Waals surface area contributed by atoms with Gasteiger partial charge in [-0.05, 0) is 41.1 Å². The molecule has 9 heteroatoms. The fourth-order valence-electron chi connectivity index (χ4n) is 2.18. The van der Waals surface area contributed by atoms with Crippen molar-refractivity contribution in [2.45, 2.75) is 6.92 Å². The highest BCUT2D eigenvalue weighted by molar-refractivity contribution is 9.10. The molecule has 2 aromatic carbocycles. The van der Waals surface area contributed by atoms with Gasteiger partial charge in [0.05, 0.1) is 16.3 Å². The van der Waals surface area contributed by atoms with Crippen LogP contribution in [0.1, 0.15) is 12.5 Å². The normalized spacial score (nSPS) is 11.4. The number of nitro groups is 1. The van der Waals surface area contributed by atoms with Crippen molar-refractivity contribution in [2.75, 3.05) is 5.43 Å². The number of hydrogen-bond acceptors (Lipinski definition) is 6. The Bertz CT molecular complexity index is 989. The van der Waals surface area contributed by atoms with Crippen LogP contribution in [-0.4, -0.2) is 15.6 Å². The average Bonchev–Trinajstić information content (AvgIpc) is 3.09. The summed E-state index contributed by atoms with van der Waals surface area (Å²) in [4.78, 5) is 14.9. The standard InChI is InChI=1S/C17H12BrClN4O2S/c1-10(14-7-6-13(23(24)25)8-15(14)18)21-22-17-20-16(9-26-17)11-2-4-12(19)5-3-11/h2-9H,1H3,(H,20,22)/b21-10+. The Morgan fingerprint density at radius 1 is 1.31 bits per heavy atom. The summed E-state index contributed by atoms with van der Waals surface area (Å²) < 4.78 is 0.607. The molecule has 3 aromatic rings. The zero-order valence-corrected chi connectivity index (χ0v) is 16.6. The van der Waals surface area contributed by atoms with Crippen molar-refractivity contribution >= 4 is 55.4 Å². The van der Waals surface area contributed by atoms with E-state index >= 15 is 0 Å². The highest BCUT2D eigenvalue weighted by Gasteiger charge is 2.11. The second-order valence-electron chi connectivity index (χ2n) is 5.28. The Hall–Kier alpha value is -2.29. The van der Waals surface area contributed by atoms with E-state index in [-0.39, 0.29) is 5.69 Å². The fraction of sp³-hybridized carbons (Fsp3) is 0.0588. The summed E-state index contributed by atoms with van der Waals surface area (Å²) in [5.41, 5.74) is 6.19. The van der Waals surface area contributed by atoms with Gasteiger partial charge < -0.3 is 0 Å². The number of hydrazone groups is 1. The number of thiazole rings is 1. The van der Waals surface area contributed by atoms with Crippen molar-refractivity contribution < 1.29 is 4.92 Å². The van der Waals surface area contributed by atoms with Gasteiger partial charge in [-0.1, -0.05) is 23.7 Å². The lowest BCUT2D eigenvalue weighted by Gasteiger charge is -2.04. The van der Waals surface area contributed by atoms with Gasteiger partial charge in [0.2, 0.25) is 5.13 Å². The topological polar surface area (TPSA) is 80.4 Å². The maximum atomic E-state index is 10.8. The molecule has 0 atom stereocenters. The minimum atomic E-state index is -0.437. The second-order valence-corrected chi connectivity index (χ2v) is 7.42. The molecule has 0 bridgehead atoms. The van der Waals surface area contributed by atoms with Crippen LogP contribution in [0.15, 0.2) is 57.4 Å². The summed E-state index contributed by atoms with van der Waals surface area (Å²) in [7, 11) is 0. The van der Waals surface area contributed by atoms with Gasteiger partial charge in [-0.3, -0.25) is 15.5 Å². The van der Waals surface area contributed by atoms with Crippen LogP contribution in [0.3, 0.4) is 0 Å². The van der Waals surface area contributed by atoms with Gasteiger partial charge in [-0.15, -0.1) is 11.3 Å². The molecule has 1 N–H and O–H groups in total. The molecule has 0 saturated carbocycles. The van der Waals surface area contributed by atoms with Gasteiger partial charge in [0.15, 0.2) is 0 Å². The van der Waals surface area contributed by atoms with E-state index in [9.17, 15) is 10.1 Å². The number of anilines is 1. The largest absolute Gasteiger partial charge is 0.270 e. The number of aromatic nitrogens is 1. The quantitative estimate of drug-likeness (QED) is 0.294. The molecule has 0 unspecified atom stereocenters. The van der Waals surface area contributed by atoms with E-state index in [1.807, 2.05) is 36.6 Å². The van der Waals surface area contributed by atoms with Crippen molar-refractivity contribution in [3.63, 3.8) is 0 Å². The number of hydrogen-bond donors (Lipinski definition) is 1. The van der Waals surface area contributed by atoms with Crippen LogP contribution < -0.4 is 5.43 Å². The predicted molar refractivity (Wildman–Crippen MR) is 109 cm³/mol. The van der Waals surface area contributed by atoms with Crippen LogP contribution >= 0.6 is 38.9 Å². The molecule has 0 spiro atoms. The number of nitro benzene ring substituents is 1. The molecular formula is C17H12BrClN4O2S. The van der Waals surface area contributed by atoms with E-state index in [0.717, 1.165) is 16.8 Å². The molecular weight excluding hydrogens is 440 g/mol. The van der Waals surface area contributed by atoms with Crippen molar-refractivity contribution in [2.24, 2.45) is 5.10 Å². The van der Waals surface area contributed by atoms with E-state index in [1.165, 1.54) is 23.5 Å². The summed E-state index contributed by atoms with van der Waals surface area (Å²) in [6.07, 6.45) is 0. The molecule has 1 aromatic heterocycles. The third kappa shape index (κ3) is 4.27. The first-order valence-corrected chi connectivity index (χ1v) is 9.45. The predicted octanol–water partition coefficient (Wildman–Crippen LogP) is 5.97. The molecule has 3 rings (SSSR count). The first kappa shape index (κ1) is 18.5. The van der Waals surface area contributed by atoms with Crippen LogP contribution in [0.5, 0.6) is 0 Å². The summed E-state index contributed by atoms with van der Waals surface area (Å²) in [6, 6.07) is 12.0. The Morgan fingerprint density at radius 2 is 2.04 bits per heavy atom. The van der Waals surface area contributed by atoms with Crippen molar-refractivity contribution in [3.8, 4) is 11.3 Å². The minimum Gasteiger partial charge on any atom is -0.258 e. The maximum absolute atomic E-state index is 10.8. The number of nitrogens with zero attached hydrogens (tertiary/aromatic N) is 3. The molecule has 0 fully saturated rings. The monoisotopic (exact) mass is 450 g/mol. The van der Waals surface area contributed by atoms with Gasteiger partial charge in [0.25, 0.3) is 5.69 Å². The third-order valence-electron chi connectivity index (χ3n) is 3.52. The van der Waals surface area contributed by atoms with E-state index in [2.05, 4.69) is 31.4 Å². The van der Waals surface area contributed by atoms with Gasteiger partial charge in [0.1, 0.15) is 0 Å². The fourth-order valence-corrected chi connectivity index (χ4v) is 3.62. The Labute approximate surface area is 166 Å². The van der Waals surface area contributed by atoms with Crippen LogP contribution in [0, 0.1) is 10.1 Å². The number of benzene rings is 2. The summed E-state index contributed by atoms with van der Waals surface area (Å²) in [5, 5.41) is 18.4. The van der Waals surface area contributed by atoms with E-state index < -0.39 is 4.92 Å². The lowest BCUT2D eigenvalue weighted by molar-refractivity contribution is -0.384. The first-order valence-electron chi connectivity index (χ1n) is 7.40. The molecule has 0 aliphatic rings. The maximum Gasteiger partial charge on any atom is 0.270 e. The molecule has 26 heavy (non-hydrogen) atoms. The first-order chi connectivity index (χ1) is 12.4. The Balaban J connectivity index is 1.75. The van der Waals surface area contributed by atoms with E-state index in [1.54, 1.807) is 6.07 Å². The van der Waals surface area contributed by atoms with Crippen molar-refractivity contribution in [1.29, 1.82) is 0 Å². The molecule has 0 saturated heterocycles. The van der Waals surface area contributed by atoms with Crippen LogP contribution in [0.2, 0.25) is 5.02 Å². The highest BCUT2D eigenvalue weighted by atomic mass is 79.9. The van der Waals surface area contributed by atoms with E-state index in [4.69, 9.17) is 11.6 Å². The molecule has 132 valence electrons. The van der Waals surface area contributed by atoms with Gasteiger partial charge in [-0.2, -0.15) is 5.10 Å².